The molecule has 2 heterocycles. The van der Waals surface area contributed by atoms with Gasteiger partial charge in [0.2, 0.25) is 17.7 Å². The number of rotatable bonds is 4. The molecule has 1 aliphatic carbocycles. The number of carbonyl (C=O) groups excluding carboxylic acids is 3. The molecule has 1 aromatic heterocycles. The summed E-state index contributed by atoms with van der Waals surface area (Å²) in [6.07, 6.45) is 4.87. The van der Waals surface area contributed by atoms with Gasteiger partial charge in [-0.25, -0.2) is 4.68 Å². The fourth-order valence-electron chi connectivity index (χ4n) is 3.94. The molecule has 0 spiro atoms. The molecule has 27 heavy (non-hydrogen) atoms. The number of fused-ring (bicyclic) bond motifs is 1. The van der Waals surface area contributed by atoms with Crippen LogP contribution in [0.5, 0.6) is 0 Å². The minimum absolute atomic E-state index is 0.210. The third-order valence-electron chi connectivity index (χ3n) is 5.32. The van der Waals surface area contributed by atoms with E-state index in [4.69, 9.17) is 0 Å². The average molecular weight is 368 g/mol. The molecule has 140 valence electrons. The van der Waals surface area contributed by atoms with Gasteiger partial charge in [-0.2, -0.15) is 0 Å². The second-order valence-electron chi connectivity index (χ2n) is 7.06. The first-order valence-electron chi connectivity index (χ1n) is 9.03. The lowest BCUT2D eigenvalue weighted by atomic mass is 9.81. The van der Waals surface area contributed by atoms with Gasteiger partial charge < -0.3 is 5.32 Å². The van der Waals surface area contributed by atoms with Crippen LogP contribution in [0.15, 0.2) is 24.5 Å². The number of tetrazole rings is 1. The maximum Gasteiger partial charge on any atom is 0.244 e. The molecule has 9 heteroatoms. The summed E-state index contributed by atoms with van der Waals surface area (Å²) in [6, 6.07) is 5.35. The van der Waals surface area contributed by atoms with Crippen molar-refractivity contribution in [3.8, 4) is 5.69 Å². The van der Waals surface area contributed by atoms with Crippen molar-refractivity contribution in [1.82, 2.24) is 25.1 Å². The topological polar surface area (TPSA) is 110 Å². The summed E-state index contributed by atoms with van der Waals surface area (Å²) in [5.41, 5.74) is 2.22. The van der Waals surface area contributed by atoms with Crippen LogP contribution in [0, 0.1) is 18.8 Å². The Morgan fingerprint density at radius 3 is 2.52 bits per heavy atom. The minimum atomic E-state index is -0.401. The van der Waals surface area contributed by atoms with E-state index in [9.17, 15) is 14.4 Å². The fraction of sp³-hybridized carbons (Fsp3) is 0.444. The summed E-state index contributed by atoms with van der Waals surface area (Å²) in [5.74, 6) is -1.31. The number of hydrogen-bond donors (Lipinski definition) is 1. The van der Waals surface area contributed by atoms with Crippen LogP contribution in [0.2, 0.25) is 0 Å². The van der Waals surface area contributed by atoms with E-state index in [1.54, 1.807) is 12.1 Å². The molecule has 1 aliphatic heterocycles. The molecule has 2 aliphatic rings. The normalized spacial score (nSPS) is 22.0. The molecule has 9 nitrogen and oxygen atoms in total. The monoisotopic (exact) mass is 368 g/mol. The lowest BCUT2D eigenvalue weighted by molar-refractivity contribution is -0.142. The molecule has 4 rings (SSSR count). The number of hydrogen-bond acceptors (Lipinski definition) is 6. The van der Waals surface area contributed by atoms with Gasteiger partial charge in [-0.1, -0.05) is 18.9 Å². The van der Waals surface area contributed by atoms with Crippen molar-refractivity contribution in [3.63, 3.8) is 0 Å². The SMILES string of the molecule is Cc1ccc(NC(=O)CN2C(=O)[C@@H]3CCCC[C@H]3C2=O)cc1-n1cnnn1. The van der Waals surface area contributed by atoms with Crippen molar-refractivity contribution in [2.45, 2.75) is 32.6 Å². The Bertz CT molecular complexity index is 871. The summed E-state index contributed by atoms with van der Waals surface area (Å²) >= 11 is 0. The van der Waals surface area contributed by atoms with E-state index in [2.05, 4.69) is 20.8 Å². The van der Waals surface area contributed by atoms with E-state index < -0.39 is 5.91 Å². The molecule has 0 bridgehead atoms. The first-order chi connectivity index (χ1) is 13.0. The molecule has 2 fully saturated rings. The molecule has 1 N–H and O–H groups in total. The Morgan fingerprint density at radius 2 is 1.89 bits per heavy atom. The van der Waals surface area contributed by atoms with Gasteiger partial charge in [0.05, 0.1) is 17.5 Å². The van der Waals surface area contributed by atoms with E-state index in [0.717, 1.165) is 41.8 Å². The smallest absolute Gasteiger partial charge is 0.244 e. The highest BCUT2D eigenvalue weighted by Crippen LogP contribution is 2.37. The quantitative estimate of drug-likeness (QED) is 0.809. The maximum absolute atomic E-state index is 12.5. The number of amides is 3. The zero-order valence-electron chi connectivity index (χ0n) is 15.0. The van der Waals surface area contributed by atoms with Crippen LogP contribution in [-0.4, -0.2) is 49.4 Å². The summed E-state index contributed by atoms with van der Waals surface area (Å²) in [5, 5.41) is 13.8. The molecule has 1 aromatic carbocycles. The first-order valence-corrected chi connectivity index (χ1v) is 9.03. The number of anilines is 1. The summed E-state index contributed by atoms with van der Waals surface area (Å²) in [6.45, 7) is 1.66. The van der Waals surface area contributed by atoms with E-state index in [0.29, 0.717) is 5.69 Å². The van der Waals surface area contributed by atoms with Gasteiger partial charge in [-0.3, -0.25) is 19.3 Å². The molecule has 1 saturated carbocycles. The van der Waals surface area contributed by atoms with Crippen LogP contribution in [0.3, 0.4) is 0 Å². The Kier molecular flexibility index (Phi) is 4.43. The summed E-state index contributed by atoms with van der Waals surface area (Å²) in [4.78, 5) is 38.5. The molecular weight excluding hydrogens is 348 g/mol. The van der Waals surface area contributed by atoms with Crippen LogP contribution in [-0.2, 0) is 14.4 Å². The number of imide groups is 1. The second kappa shape index (κ2) is 6.90. The molecule has 3 amide bonds. The largest absolute Gasteiger partial charge is 0.324 e. The fourth-order valence-corrected chi connectivity index (χ4v) is 3.94. The molecular formula is C18H20N6O3. The van der Waals surface area contributed by atoms with Gasteiger partial charge in [0.15, 0.2) is 0 Å². The minimum Gasteiger partial charge on any atom is -0.324 e. The average Bonchev–Trinajstić information content (AvgIpc) is 3.28. The highest BCUT2D eigenvalue weighted by atomic mass is 16.2. The Morgan fingerprint density at radius 1 is 1.19 bits per heavy atom. The third-order valence-corrected chi connectivity index (χ3v) is 5.32. The number of nitrogens with zero attached hydrogens (tertiary/aromatic N) is 5. The number of aromatic nitrogens is 4. The second-order valence-corrected chi connectivity index (χ2v) is 7.06. The molecule has 2 atom stereocenters. The van der Waals surface area contributed by atoms with Gasteiger partial charge in [-0.05, 0) is 47.9 Å². The van der Waals surface area contributed by atoms with Gasteiger partial charge in [0, 0.05) is 5.69 Å². The van der Waals surface area contributed by atoms with Gasteiger partial charge in [-0.15, -0.1) is 5.10 Å². The van der Waals surface area contributed by atoms with E-state index in [-0.39, 0.29) is 30.2 Å². The van der Waals surface area contributed by atoms with E-state index in [1.165, 1.54) is 11.0 Å². The first kappa shape index (κ1) is 17.3. The predicted octanol–water partition coefficient (Wildman–Crippen LogP) is 1.08. The van der Waals surface area contributed by atoms with Crippen LogP contribution in [0.4, 0.5) is 5.69 Å². The highest BCUT2D eigenvalue weighted by molar-refractivity contribution is 6.08. The lowest BCUT2D eigenvalue weighted by Crippen LogP contribution is -2.38. The zero-order chi connectivity index (χ0) is 19.0. The van der Waals surface area contributed by atoms with Gasteiger partial charge >= 0.3 is 0 Å². The molecule has 1 saturated heterocycles. The maximum atomic E-state index is 12.5. The number of carbonyl (C=O) groups is 3. The lowest BCUT2D eigenvalue weighted by Gasteiger charge is -2.19. The Labute approximate surface area is 155 Å². The van der Waals surface area contributed by atoms with Crippen molar-refractivity contribution in [2.24, 2.45) is 11.8 Å². The predicted molar refractivity (Wildman–Crippen MR) is 94.7 cm³/mol. The number of nitrogens with one attached hydrogen (secondary N) is 1. The van der Waals surface area contributed by atoms with Crippen LogP contribution >= 0.6 is 0 Å². The van der Waals surface area contributed by atoms with E-state index >= 15 is 0 Å². The number of benzene rings is 1. The van der Waals surface area contributed by atoms with E-state index in [1.807, 2.05) is 13.0 Å². The molecule has 2 aromatic rings. The zero-order valence-corrected chi connectivity index (χ0v) is 15.0. The van der Waals surface area contributed by atoms with Crippen molar-refractivity contribution >= 4 is 23.4 Å². The van der Waals surface area contributed by atoms with Crippen molar-refractivity contribution in [2.75, 3.05) is 11.9 Å². The number of aryl methyl sites for hydroxylation is 1. The summed E-state index contributed by atoms with van der Waals surface area (Å²) in [7, 11) is 0. The highest BCUT2D eigenvalue weighted by Gasteiger charge is 2.48. The summed E-state index contributed by atoms with van der Waals surface area (Å²) < 4.78 is 1.50. The third kappa shape index (κ3) is 3.20. The van der Waals surface area contributed by atoms with Crippen LogP contribution < -0.4 is 5.32 Å². The molecule has 0 unspecified atom stereocenters. The van der Waals surface area contributed by atoms with Crippen molar-refractivity contribution in [1.29, 1.82) is 0 Å². The van der Waals surface area contributed by atoms with Crippen molar-refractivity contribution < 1.29 is 14.4 Å². The van der Waals surface area contributed by atoms with Gasteiger partial charge in [0.1, 0.15) is 12.9 Å². The Hall–Kier alpha value is -3.10. The van der Waals surface area contributed by atoms with Crippen LogP contribution in [0.1, 0.15) is 31.2 Å². The van der Waals surface area contributed by atoms with Crippen LogP contribution in [0.25, 0.3) is 5.69 Å². The Balaban J connectivity index is 1.46. The molecule has 0 radical (unpaired) electrons. The standard InChI is InChI=1S/C18H20N6O3/c1-11-6-7-12(8-15(11)24-10-19-21-22-24)20-16(25)9-23-17(26)13-4-2-3-5-14(13)18(23)27/h6-8,10,13-14H,2-5,9H2,1H3,(H,20,25)/t13-,14-/m1/s1. The van der Waals surface area contributed by atoms with Gasteiger partial charge in [0.25, 0.3) is 0 Å². The number of likely N-dealkylation sites (tertiary alicyclic amines) is 1. The van der Waals surface area contributed by atoms with Crippen molar-refractivity contribution in [3.05, 3.63) is 30.1 Å².